The third-order valence-electron chi connectivity index (χ3n) is 3.97. The summed E-state index contributed by atoms with van der Waals surface area (Å²) >= 11 is 0. The number of ether oxygens (including phenoxy) is 3. The summed E-state index contributed by atoms with van der Waals surface area (Å²) in [6.45, 7) is 7.46. The van der Waals surface area contributed by atoms with Crippen molar-refractivity contribution in [3.8, 4) is 0 Å². The van der Waals surface area contributed by atoms with Gasteiger partial charge in [-0.05, 0) is 24.6 Å². The molecule has 2 aromatic rings. The lowest BCUT2D eigenvalue weighted by Crippen LogP contribution is -2.32. The number of esters is 1. The highest BCUT2D eigenvalue weighted by Crippen LogP contribution is 2.14. The van der Waals surface area contributed by atoms with Crippen molar-refractivity contribution in [2.75, 3.05) is 19.8 Å². The van der Waals surface area contributed by atoms with Crippen molar-refractivity contribution in [3.63, 3.8) is 0 Å². The molecule has 0 aromatic heterocycles. The van der Waals surface area contributed by atoms with Crippen LogP contribution >= 0.6 is 0 Å². The summed E-state index contributed by atoms with van der Waals surface area (Å²) in [5.74, 6) is -0.490. The minimum absolute atomic E-state index is 0.140. The Labute approximate surface area is 155 Å². The molecule has 0 fully saturated rings. The monoisotopic (exact) mass is 354 g/mol. The molecule has 0 radical (unpaired) electrons. The average Bonchev–Trinajstić information content (AvgIpc) is 2.69. The van der Waals surface area contributed by atoms with Crippen LogP contribution in [-0.4, -0.2) is 31.9 Å². The maximum Gasteiger partial charge on any atom is 0.338 e. The fourth-order valence-corrected chi connectivity index (χ4v) is 2.53. The van der Waals surface area contributed by atoms with Crippen LogP contribution in [0, 0.1) is 5.92 Å². The quantitative estimate of drug-likeness (QED) is 0.447. The number of carbonyl (C=O) groups excluding carboxylic acids is 1. The summed E-state index contributed by atoms with van der Waals surface area (Å²) in [5.41, 5.74) is 1.64. The highest BCUT2D eigenvalue weighted by Gasteiger charge is 2.22. The van der Waals surface area contributed by atoms with Gasteiger partial charge in [0, 0.05) is 12.5 Å². The van der Waals surface area contributed by atoms with Crippen LogP contribution in [0.25, 0.3) is 0 Å². The molecule has 0 spiro atoms. The fraction of sp³-hybridized carbons (Fsp3) is 0.318. The molecule has 26 heavy (non-hydrogen) atoms. The molecular formula is C22H26O4. The van der Waals surface area contributed by atoms with E-state index in [1.807, 2.05) is 55.5 Å². The van der Waals surface area contributed by atoms with Crippen LogP contribution in [0.4, 0.5) is 0 Å². The highest BCUT2D eigenvalue weighted by molar-refractivity contribution is 5.89. The van der Waals surface area contributed by atoms with Crippen LogP contribution in [-0.2, 0) is 20.8 Å². The smallest absolute Gasteiger partial charge is 0.338 e. The molecule has 0 saturated heterocycles. The molecule has 138 valence electrons. The van der Waals surface area contributed by atoms with Gasteiger partial charge in [-0.3, -0.25) is 0 Å². The summed E-state index contributed by atoms with van der Waals surface area (Å²) in [7, 11) is 0. The Morgan fingerprint density at radius 1 is 1.04 bits per heavy atom. The van der Waals surface area contributed by atoms with Crippen molar-refractivity contribution in [3.05, 3.63) is 84.4 Å². The minimum Gasteiger partial charge on any atom is -0.461 e. The van der Waals surface area contributed by atoms with Gasteiger partial charge in [0.2, 0.25) is 0 Å². The summed E-state index contributed by atoms with van der Waals surface area (Å²) in [5, 5.41) is 0. The van der Waals surface area contributed by atoms with E-state index in [4.69, 9.17) is 14.2 Å². The van der Waals surface area contributed by atoms with E-state index in [1.54, 1.807) is 18.2 Å². The molecule has 0 amide bonds. The molecule has 0 heterocycles. The van der Waals surface area contributed by atoms with Crippen molar-refractivity contribution in [2.24, 2.45) is 5.92 Å². The van der Waals surface area contributed by atoms with Crippen LogP contribution in [0.15, 0.2) is 73.3 Å². The van der Waals surface area contributed by atoms with Gasteiger partial charge < -0.3 is 14.2 Å². The SMILES string of the molecule is C=C[C@@H](COC(=O)c1ccccc1)C(COCc1ccccc1)OCC. The van der Waals surface area contributed by atoms with Gasteiger partial charge in [0.1, 0.15) is 6.61 Å². The normalized spacial score (nSPS) is 13.0. The zero-order valence-electron chi connectivity index (χ0n) is 15.2. The van der Waals surface area contributed by atoms with Crippen LogP contribution in [0.3, 0.4) is 0 Å². The van der Waals surface area contributed by atoms with Crippen LogP contribution in [0.5, 0.6) is 0 Å². The van der Waals surface area contributed by atoms with Crippen LogP contribution < -0.4 is 0 Å². The van der Waals surface area contributed by atoms with Crippen LogP contribution in [0.2, 0.25) is 0 Å². The van der Waals surface area contributed by atoms with Gasteiger partial charge in [-0.25, -0.2) is 4.79 Å². The maximum absolute atomic E-state index is 12.1. The van der Waals surface area contributed by atoms with Gasteiger partial charge in [0.15, 0.2) is 0 Å². The molecule has 2 aromatic carbocycles. The van der Waals surface area contributed by atoms with E-state index < -0.39 is 0 Å². The molecule has 0 aliphatic heterocycles. The van der Waals surface area contributed by atoms with Crippen LogP contribution in [0.1, 0.15) is 22.8 Å². The molecule has 2 atom stereocenters. The first-order valence-electron chi connectivity index (χ1n) is 8.82. The third-order valence-corrected chi connectivity index (χ3v) is 3.97. The zero-order valence-corrected chi connectivity index (χ0v) is 15.2. The predicted molar refractivity (Wildman–Crippen MR) is 102 cm³/mol. The van der Waals surface area contributed by atoms with Gasteiger partial charge in [0.25, 0.3) is 0 Å². The number of carbonyl (C=O) groups is 1. The minimum atomic E-state index is -0.349. The first-order chi connectivity index (χ1) is 12.7. The van der Waals surface area contributed by atoms with Crippen molar-refractivity contribution in [1.29, 1.82) is 0 Å². The standard InChI is InChI=1S/C22H26O4/c1-3-19(16-26-22(23)20-13-9-6-10-14-20)21(25-4-2)17-24-15-18-11-7-5-8-12-18/h3,5-14,19,21H,1,4,15-17H2,2H3/t19-,21?/m0/s1. The van der Waals surface area contributed by atoms with E-state index >= 15 is 0 Å². The largest absolute Gasteiger partial charge is 0.461 e. The Morgan fingerprint density at radius 2 is 1.69 bits per heavy atom. The van der Waals surface area contributed by atoms with Gasteiger partial charge in [-0.2, -0.15) is 0 Å². The zero-order chi connectivity index (χ0) is 18.6. The van der Waals surface area contributed by atoms with E-state index in [-0.39, 0.29) is 24.6 Å². The van der Waals surface area contributed by atoms with E-state index in [9.17, 15) is 4.79 Å². The Morgan fingerprint density at radius 3 is 2.31 bits per heavy atom. The second kappa shape index (κ2) is 11.2. The first-order valence-corrected chi connectivity index (χ1v) is 8.82. The number of hydrogen-bond donors (Lipinski definition) is 0. The Hall–Kier alpha value is -2.43. The molecule has 0 saturated carbocycles. The molecule has 0 aliphatic carbocycles. The maximum atomic E-state index is 12.1. The fourth-order valence-electron chi connectivity index (χ4n) is 2.53. The number of rotatable bonds is 11. The molecule has 0 aliphatic rings. The highest BCUT2D eigenvalue weighted by atomic mass is 16.5. The summed E-state index contributed by atoms with van der Waals surface area (Å²) in [6, 6.07) is 18.9. The number of hydrogen-bond acceptors (Lipinski definition) is 4. The predicted octanol–water partition coefficient (Wildman–Crippen LogP) is 4.27. The molecular weight excluding hydrogens is 328 g/mol. The molecule has 1 unspecified atom stereocenters. The van der Waals surface area contributed by atoms with E-state index in [0.29, 0.717) is 25.4 Å². The second-order valence-electron chi connectivity index (χ2n) is 5.86. The lowest BCUT2D eigenvalue weighted by molar-refractivity contribution is -0.0493. The van der Waals surface area contributed by atoms with Gasteiger partial charge in [0.05, 0.1) is 24.9 Å². The lowest BCUT2D eigenvalue weighted by atomic mass is 10.0. The van der Waals surface area contributed by atoms with Gasteiger partial charge >= 0.3 is 5.97 Å². The Kier molecular flexibility index (Phi) is 8.60. The summed E-state index contributed by atoms with van der Waals surface area (Å²) in [4.78, 5) is 12.1. The second-order valence-corrected chi connectivity index (χ2v) is 5.86. The summed E-state index contributed by atoms with van der Waals surface area (Å²) in [6.07, 6.45) is 1.54. The average molecular weight is 354 g/mol. The van der Waals surface area contributed by atoms with Crippen molar-refractivity contribution >= 4 is 5.97 Å². The Balaban J connectivity index is 1.86. The first kappa shape index (κ1) is 19.9. The Bertz CT molecular complexity index is 654. The van der Waals surface area contributed by atoms with Crippen molar-refractivity contribution in [1.82, 2.24) is 0 Å². The molecule has 0 bridgehead atoms. The van der Waals surface area contributed by atoms with E-state index in [0.717, 1.165) is 5.56 Å². The summed E-state index contributed by atoms with van der Waals surface area (Å²) < 4.78 is 17.0. The van der Waals surface area contributed by atoms with Gasteiger partial charge in [-0.1, -0.05) is 54.6 Å². The number of benzene rings is 2. The molecule has 4 heteroatoms. The van der Waals surface area contributed by atoms with Crippen molar-refractivity contribution in [2.45, 2.75) is 19.6 Å². The van der Waals surface area contributed by atoms with E-state index in [2.05, 4.69) is 6.58 Å². The van der Waals surface area contributed by atoms with Crippen molar-refractivity contribution < 1.29 is 19.0 Å². The van der Waals surface area contributed by atoms with Gasteiger partial charge in [-0.15, -0.1) is 6.58 Å². The molecule has 4 nitrogen and oxygen atoms in total. The third kappa shape index (κ3) is 6.47. The lowest BCUT2D eigenvalue weighted by Gasteiger charge is -2.24. The topological polar surface area (TPSA) is 44.8 Å². The molecule has 2 rings (SSSR count). The molecule has 0 N–H and O–H groups in total. The van der Waals surface area contributed by atoms with E-state index in [1.165, 1.54) is 0 Å².